The van der Waals surface area contributed by atoms with Crippen LogP contribution in [0.1, 0.15) is 19.3 Å². The summed E-state index contributed by atoms with van der Waals surface area (Å²) < 4.78 is 7.14. The number of esters is 1. The topological polar surface area (TPSA) is 26.3 Å². The first kappa shape index (κ1) is 14.5. The van der Waals surface area contributed by atoms with Crippen molar-refractivity contribution >= 4 is 5.97 Å². The molecule has 4 heteroatoms. The molecule has 0 radical (unpaired) electrons. The molecule has 0 saturated carbocycles. The van der Waals surface area contributed by atoms with Crippen molar-refractivity contribution in [3.63, 3.8) is 0 Å². The highest BCUT2D eigenvalue weighted by molar-refractivity contribution is 5.69. The van der Waals surface area contributed by atoms with Crippen LogP contribution in [0, 0.1) is 0 Å². The molecule has 0 spiro atoms. The van der Waals surface area contributed by atoms with Crippen LogP contribution in [-0.2, 0) is 9.53 Å². The van der Waals surface area contributed by atoms with Crippen molar-refractivity contribution in [1.82, 2.24) is 0 Å². The molecule has 1 aliphatic heterocycles. The monoisotopic (exact) mass is 244 g/mol. The van der Waals surface area contributed by atoms with Crippen molar-refractivity contribution < 1.29 is 18.5 Å². The molecular formula is C13H28N2O2+2. The molecular weight excluding hydrogens is 216 g/mol. The van der Waals surface area contributed by atoms with E-state index in [0.29, 0.717) is 13.0 Å². The third kappa shape index (κ3) is 6.03. The number of carbonyl (C=O) groups excluding carboxylic acids is 1. The number of rotatable bonds is 6. The minimum absolute atomic E-state index is 0.0373. The normalized spacial score (nSPS) is 19.3. The molecule has 17 heavy (non-hydrogen) atoms. The predicted octanol–water partition coefficient (Wildman–Crippen LogP) is 0.866. The van der Waals surface area contributed by atoms with Gasteiger partial charge in [-0.1, -0.05) is 0 Å². The fourth-order valence-electron chi connectivity index (χ4n) is 2.19. The minimum Gasteiger partial charge on any atom is -0.460 e. The van der Waals surface area contributed by atoms with Gasteiger partial charge < -0.3 is 13.7 Å². The Hall–Kier alpha value is -0.610. The smallest absolute Gasteiger partial charge is 0.311 e. The van der Waals surface area contributed by atoms with Crippen molar-refractivity contribution in [2.45, 2.75) is 19.3 Å². The van der Waals surface area contributed by atoms with Gasteiger partial charge in [0.15, 0.2) is 0 Å². The van der Waals surface area contributed by atoms with E-state index in [1.165, 1.54) is 25.9 Å². The summed E-state index contributed by atoms with van der Waals surface area (Å²) in [4.78, 5) is 11.6. The maximum Gasteiger partial charge on any atom is 0.311 e. The average molecular weight is 244 g/mol. The first-order valence-electron chi connectivity index (χ1n) is 6.60. The summed E-state index contributed by atoms with van der Waals surface area (Å²) in [6.07, 6.45) is 3.16. The van der Waals surface area contributed by atoms with Gasteiger partial charge in [-0.15, -0.1) is 0 Å². The summed E-state index contributed by atoms with van der Waals surface area (Å²) in [5.74, 6) is -0.0373. The summed E-state index contributed by atoms with van der Waals surface area (Å²) in [7, 11) is 8.55. The Kier molecular flexibility index (Phi) is 4.95. The van der Waals surface area contributed by atoms with Gasteiger partial charge in [-0.2, -0.15) is 0 Å². The number of hydrogen-bond donors (Lipinski definition) is 0. The van der Waals surface area contributed by atoms with Crippen LogP contribution >= 0.6 is 0 Å². The highest BCUT2D eigenvalue weighted by atomic mass is 16.5. The zero-order chi connectivity index (χ0) is 12.9. The van der Waals surface area contributed by atoms with Gasteiger partial charge in [-0.05, 0) is 0 Å². The molecule has 0 atom stereocenters. The van der Waals surface area contributed by atoms with E-state index in [2.05, 4.69) is 28.2 Å². The third-order valence-electron chi connectivity index (χ3n) is 3.53. The van der Waals surface area contributed by atoms with Crippen LogP contribution in [0.4, 0.5) is 0 Å². The molecule has 0 aromatic carbocycles. The zero-order valence-electron chi connectivity index (χ0n) is 11.9. The van der Waals surface area contributed by atoms with Gasteiger partial charge in [0.25, 0.3) is 0 Å². The van der Waals surface area contributed by atoms with E-state index in [0.717, 1.165) is 22.1 Å². The molecule has 0 aliphatic carbocycles. The Balaban J connectivity index is 2.13. The second kappa shape index (κ2) is 5.83. The molecule has 1 aliphatic rings. The molecule has 0 amide bonds. The number of hydrogen-bond acceptors (Lipinski definition) is 2. The summed E-state index contributed by atoms with van der Waals surface area (Å²) in [6.45, 7) is 4.77. The second-order valence-electron chi connectivity index (χ2n) is 6.48. The molecule has 100 valence electrons. The molecule has 0 aromatic rings. The maximum absolute atomic E-state index is 11.6. The average Bonchev–Trinajstić information content (AvgIpc) is 2.61. The van der Waals surface area contributed by atoms with Crippen LogP contribution in [0.25, 0.3) is 0 Å². The van der Waals surface area contributed by atoms with Crippen LogP contribution in [0.5, 0.6) is 0 Å². The van der Waals surface area contributed by atoms with Gasteiger partial charge >= 0.3 is 5.97 Å². The first-order chi connectivity index (χ1) is 7.81. The molecule has 0 bridgehead atoms. The van der Waals surface area contributed by atoms with Crippen LogP contribution in [0.2, 0.25) is 0 Å². The van der Waals surface area contributed by atoms with E-state index in [4.69, 9.17) is 4.74 Å². The molecule has 1 rings (SSSR count). The summed E-state index contributed by atoms with van der Waals surface area (Å²) >= 11 is 0. The Morgan fingerprint density at radius 3 is 2.35 bits per heavy atom. The summed E-state index contributed by atoms with van der Waals surface area (Å²) in [6, 6.07) is 0. The fourth-order valence-corrected chi connectivity index (χ4v) is 2.19. The zero-order valence-corrected chi connectivity index (χ0v) is 11.9. The molecule has 0 aromatic heterocycles. The number of quaternary nitrogens is 2. The van der Waals surface area contributed by atoms with Gasteiger partial charge in [0, 0.05) is 12.8 Å². The largest absolute Gasteiger partial charge is 0.460 e. The Morgan fingerprint density at radius 2 is 1.82 bits per heavy atom. The molecule has 0 N–H and O–H groups in total. The molecule has 1 fully saturated rings. The number of nitrogens with zero attached hydrogens (tertiary/aromatic N) is 2. The quantitative estimate of drug-likeness (QED) is 0.512. The molecule has 0 unspecified atom stereocenters. The highest BCUT2D eigenvalue weighted by Crippen LogP contribution is 2.16. The van der Waals surface area contributed by atoms with E-state index in [1.54, 1.807) is 0 Å². The molecule has 1 heterocycles. The van der Waals surface area contributed by atoms with Crippen LogP contribution < -0.4 is 0 Å². The SMILES string of the molecule is C[N+](C)(C)CCOC(=O)CC[N+]1(C)CCCC1. The van der Waals surface area contributed by atoms with Crippen LogP contribution in [-0.4, -0.2) is 75.9 Å². The lowest BCUT2D eigenvalue weighted by molar-refractivity contribution is -0.897. The van der Waals surface area contributed by atoms with E-state index in [9.17, 15) is 4.79 Å². The van der Waals surface area contributed by atoms with E-state index in [1.807, 2.05) is 0 Å². The Bertz CT molecular complexity index is 253. The minimum atomic E-state index is -0.0373. The number of ether oxygens (including phenoxy) is 1. The number of likely N-dealkylation sites (N-methyl/N-ethyl adjacent to an activating group) is 1. The lowest BCUT2D eigenvalue weighted by atomic mass is 10.3. The number of carbonyl (C=O) groups is 1. The van der Waals surface area contributed by atoms with Crippen LogP contribution in [0.15, 0.2) is 0 Å². The first-order valence-corrected chi connectivity index (χ1v) is 6.60. The van der Waals surface area contributed by atoms with Gasteiger partial charge in [0.1, 0.15) is 13.2 Å². The van der Waals surface area contributed by atoms with Crippen molar-refractivity contribution in [1.29, 1.82) is 0 Å². The maximum atomic E-state index is 11.6. The van der Waals surface area contributed by atoms with E-state index in [-0.39, 0.29) is 5.97 Å². The second-order valence-corrected chi connectivity index (χ2v) is 6.48. The van der Waals surface area contributed by atoms with Gasteiger partial charge in [-0.25, -0.2) is 0 Å². The van der Waals surface area contributed by atoms with E-state index < -0.39 is 0 Å². The molecule has 1 saturated heterocycles. The van der Waals surface area contributed by atoms with Crippen molar-refractivity contribution in [3.05, 3.63) is 0 Å². The standard InChI is InChI=1S/C13H28N2O2/c1-14(2,3)11-12-17-13(16)7-10-15(4)8-5-6-9-15/h5-12H2,1-4H3/q+2. The van der Waals surface area contributed by atoms with Crippen molar-refractivity contribution in [2.75, 3.05) is 61.0 Å². The van der Waals surface area contributed by atoms with Gasteiger partial charge in [0.2, 0.25) is 0 Å². The third-order valence-corrected chi connectivity index (χ3v) is 3.53. The Labute approximate surface area is 105 Å². The highest BCUT2D eigenvalue weighted by Gasteiger charge is 2.27. The van der Waals surface area contributed by atoms with Crippen molar-refractivity contribution in [2.24, 2.45) is 0 Å². The Morgan fingerprint density at radius 1 is 1.24 bits per heavy atom. The summed E-state index contributed by atoms with van der Waals surface area (Å²) in [5.41, 5.74) is 0. The summed E-state index contributed by atoms with van der Waals surface area (Å²) in [5, 5.41) is 0. The predicted molar refractivity (Wildman–Crippen MR) is 68.5 cm³/mol. The lowest BCUT2D eigenvalue weighted by Gasteiger charge is -2.28. The van der Waals surface area contributed by atoms with Gasteiger partial charge in [0.05, 0.1) is 54.2 Å². The van der Waals surface area contributed by atoms with Crippen LogP contribution in [0.3, 0.4) is 0 Å². The van der Waals surface area contributed by atoms with Crippen molar-refractivity contribution in [3.8, 4) is 0 Å². The number of likely N-dealkylation sites (tertiary alicyclic amines) is 1. The van der Waals surface area contributed by atoms with E-state index >= 15 is 0 Å². The van der Waals surface area contributed by atoms with Gasteiger partial charge in [-0.3, -0.25) is 4.79 Å². The lowest BCUT2D eigenvalue weighted by Crippen LogP contribution is -2.42. The molecule has 4 nitrogen and oxygen atoms in total. The fraction of sp³-hybridized carbons (Fsp3) is 0.923.